The van der Waals surface area contributed by atoms with Crippen molar-refractivity contribution in [2.24, 2.45) is 0 Å². The van der Waals surface area contributed by atoms with Gasteiger partial charge in [0, 0.05) is 41.1 Å². The Labute approximate surface area is 118 Å². The molecule has 0 spiro atoms. The van der Waals surface area contributed by atoms with Crippen molar-refractivity contribution in [2.75, 3.05) is 17.3 Å². The summed E-state index contributed by atoms with van der Waals surface area (Å²) in [5.41, 5.74) is 1.30. The van der Waals surface area contributed by atoms with Crippen molar-refractivity contribution in [3.63, 3.8) is 0 Å². The Hall–Kier alpha value is -2.02. The van der Waals surface area contributed by atoms with Crippen LogP contribution >= 0.6 is 0 Å². The average molecular weight is 293 g/mol. The standard InChI is InChI=1S/C13H15N3O3S/c1-9(8-20(2)19)15-11-5-6-12(16(17)18)10-4-3-7-14-13(10)11/h3-7,9,15H,8H2,1-2H3. The van der Waals surface area contributed by atoms with Crippen molar-refractivity contribution in [1.82, 2.24) is 4.98 Å². The zero-order valence-corrected chi connectivity index (χ0v) is 12.0. The smallest absolute Gasteiger partial charge is 0.278 e. The molecular weight excluding hydrogens is 278 g/mol. The van der Waals surface area contributed by atoms with Crippen LogP contribution in [0.15, 0.2) is 30.5 Å². The normalized spacial score (nSPS) is 13.9. The number of rotatable bonds is 5. The average Bonchev–Trinajstić information content (AvgIpc) is 2.37. The van der Waals surface area contributed by atoms with Gasteiger partial charge in [0.2, 0.25) is 0 Å². The third-order valence-corrected chi connectivity index (χ3v) is 3.80. The first-order valence-corrected chi connectivity index (χ1v) is 7.80. The molecule has 0 aliphatic carbocycles. The quantitative estimate of drug-likeness (QED) is 0.675. The van der Waals surface area contributed by atoms with E-state index in [2.05, 4.69) is 10.3 Å². The van der Waals surface area contributed by atoms with E-state index in [9.17, 15) is 14.3 Å². The molecule has 2 atom stereocenters. The van der Waals surface area contributed by atoms with Crippen molar-refractivity contribution in [1.29, 1.82) is 0 Å². The predicted molar refractivity (Wildman–Crippen MR) is 80.4 cm³/mol. The highest BCUT2D eigenvalue weighted by molar-refractivity contribution is 7.84. The number of benzene rings is 1. The van der Waals surface area contributed by atoms with Gasteiger partial charge in [0.1, 0.15) is 5.52 Å². The van der Waals surface area contributed by atoms with Crippen LogP contribution in [-0.2, 0) is 10.8 Å². The van der Waals surface area contributed by atoms with Crippen molar-refractivity contribution in [3.8, 4) is 0 Å². The summed E-state index contributed by atoms with van der Waals surface area (Å²) in [4.78, 5) is 14.8. The number of hydrogen-bond donors (Lipinski definition) is 1. The Morgan fingerprint density at radius 1 is 1.45 bits per heavy atom. The number of non-ortho nitro benzene ring substituents is 1. The highest BCUT2D eigenvalue weighted by Gasteiger charge is 2.16. The lowest BCUT2D eigenvalue weighted by atomic mass is 10.1. The van der Waals surface area contributed by atoms with Gasteiger partial charge < -0.3 is 5.32 Å². The molecule has 0 fully saturated rings. The molecule has 1 aromatic heterocycles. The van der Waals surface area contributed by atoms with Gasteiger partial charge in [-0.15, -0.1) is 0 Å². The maximum absolute atomic E-state index is 11.2. The van der Waals surface area contributed by atoms with E-state index in [1.807, 2.05) is 6.92 Å². The first-order chi connectivity index (χ1) is 9.49. The molecular formula is C13H15N3O3S. The van der Waals surface area contributed by atoms with Crippen molar-refractivity contribution in [3.05, 3.63) is 40.6 Å². The van der Waals surface area contributed by atoms with Crippen LogP contribution < -0.4 is 5.32 Å². The molecule has 0 amide bonds. The molecule has 0 saturated heterocycles. The fourth-order valence-corrected chi connectivity index (χ4v) is 2.88. The molecule has 2 rings (SSSR count). The lowest BCUT2D eigenvalue weighted by Crippen LogP contribution is -2.22. The lowest BCUT2D eigenvalue weighted by Gasteiger charge is -2.15. The Balaban J connectivity index is 2.43. The lowest BCUT2D eigenvalue weighted by molar-refractivity contribution is -0.383. The summed E-state index contributed by atoms with van der Waals surface area (Å²) in [5, 5.41) is 14.7. The first kappa shape index (κ1) is 14.4. The molecule has 1 N–H and O–H groups in total. The van der Waals surface area contributed by atoms with Gasteiger partial charge in [0.25, 0.3) is 5.69 Å². The van der Waals surface area contributed by atoms with E-state index in [0.29, 0.717) is 22.3 Å². The number of anilines is 1. The Morgan fingerprint density at radius 3 is 2.85 bits per heavy atom. The van der Waals surface area contributed by atoms with Crippen LogP contribution in [0.1, 0.15) is 6.92 Å². The topological polar surface area (TPSA) is 85.1 Å². The second kappa shape index (κ2) is 5.96. The number of nitro benzene ring substituents is 1. The zero-order chi connectivity index (χ0) is 14.7. The monoisotopic (exact) mass is 293 g/mol. The molecule has 0 saturated carbocycles. The van der Waals surface area contributed by atoms with Gasteiger partial charge in [-0.3, -0.25) is 19.3 Å². The SMILES string of the molecule is CC(CS(C)=O)Nc1ccc([N+](=O)[O-])c2cccnc12. The third-order valence-electron chi connectivity index (χ3n) is 2.83. The zero-order valence-electron chi connectivity index (χ0n) is 11.2. The highest BCUT2D eigenvalue weighted by Crippen LogP contribution is 2.29. The minimum absolute atomic E-state index is 0.00695. The largest absolute Gasteiger partial charge is 0.380 e. The van der Waals surface area contributed by atoms with Crippen molar-refractivity contribution in [2.45, 2.75) is 13.0 Å². The number of aromatic nitrogens is 1. The van der Waals surface area contributed by atoms with Gasteiger partial charge in [-0.1, -0.05) is 0 Å². The summed E-state index contributed by atoms with van der Waals surface area (Å²) in [6, 6.07) is 6.44. The minimum Gasteiger partial charge on any atom is -0.380 e. The molecule has 0 radical (unpaired) electrons. The summed E-state index contributed by atoms with van der Waals surface area (Å²) < 4.78 is 11.2. The molecule has 6 nitrogen and oxygen atoms in total. The third kappa shape index (κ3) is 3.11. The van der Waals surface area contributed by atoms with Gasteiger partial charge in [0.05, 0.1) is 16.0 Å². The second-order valence-electron chi connectivity index (χ2n) is 4.57. The fraction of sp³-hybridized carbons (Fsp3) is 0.308. The number of nitrogens with one attached hydrogen (secondary N) is 1. The van der Waals surface area contributed by atoms with E-state index in [1.54, 1.807) is 30.7 Å². The van der Waals surface area contributed by atoms with Crippen molar-refractivity contribution < 1.29 is 9.13 Å². The van der Waals surface area contributed by atoms with E-state index in [4.69, 9.17) is 0 Å². The van der Waals surface area contributed by atoms with Gasteiger partial charge in [-0.05, 0) is 25.1 Å². The molecule has 106 valence electrons. The molecule has 2 aromatic rings. The first-order valence-electron chi connectivity index (χ1n) is 6.07. The van der Waals surface area contributed by atoms with Crippen LogP contribution in [0.25, 0.3) is 10.9 Å². The van der Waals surface area contributed by atoms with Gasteiger partial charge >= 0.3 is 0 Å². The maximum Gasteiger partial charge on any atom is 0.278 e. The van der Waals surface area contributed by atoms with E-state index in [0.717, 1.165) is 0 Å². The number of nitro groups is 1. The van der Waals surface area contributed by atoms with E-state index >= 15 is 0 Å². The van der Waals surface area contributed by atoms with Gasteiger partial charge in [-0.2, -0.15) is 0 Å². The molecule has 0 aliphatic rings. The van der Waals surface area contributed by atoms with E-state index in [1.165, 1.54) is 6.07 Å². The maximum atomic E-state index is 11.2. The number of nitrogens with zero attached hydrogens (tertiary/aromatic N) is 2. The number of fused-ring (bicyclic) bond motifs is 1. The molecule has 0 bridgehead atoms. The Morgan fingerprint density at radius 2 is 2.20 bits per heavy atom. The highest BCUT2D eigenvalue weighted by atomic mass is 32.2. The van der Waals surface area contributed by atoms with E-state index < -0.39 is 15.7 Å². The number of hydrogen-bond acceptors (Lipinski definition) is 5. The fourth-order valence-electron chi connectivity index (χ4n) is 2.09. The molecule has 7 heteroatoms. The van der Waals surface area contributed by atoms with Crippen molar-refractivity contribution >= 4 is 33.1 Å². The molecule has 0 aliphatic heterocycles. The van der Waals surface area contributed by atoms with Crippen LogP contribution in [0.4, 0.5) is 11.4 Å². The van der Waals surface area contributed by atoms with E-state index in [-0.39, 0.29) is 11.7 Å². The van der Waals surface area contributed by atoms with Crippen LogP contribution in [0.2, 0.25) is 0 Å². The van der Waals surface area contributed by atoms with Gasteiger partial charge in [-0.25, -0.2) is 0 Å². The van der Waals surface area contributed by atoms with Gasteiger partial charge in [0.15, 0.2) is 0 Å². The minimum atomic E-state index is -0.906. The van der Waals surface area contributed by atoms with Crippen LogP contribution in [0.3, 0.4) is 0 Å². The molecule has 1 aromatic carbocycles. The predicted octanol–water partition coefficient (Wildman–Crippen LogP) is 2.32. The summed E-state index contributed by atoms with van der Waals surface area (Å²) in [6.45, 7) is 1.91. The number of pyridine rings is 1. The van der Waals surface area contributed by atoms with Crippen LogP contribution in [0, 0.1) is 10.1 Å². The van der Waals surface area contributed by atoms with Crippen LogP contribution in [-0.4, -0.2) is 32.2 Å². The Bertz CT molecular complexity index is 675. The summed E-state index contributed by atoms with van der Waals surface area (Å²) in [5.74, 6) is 0.505. The molecule has 2 unspecified atom stereocenters. The summed E-state index contributed by atoms with van der Waals surface area (Å²) >= 11 is 0. The second-order valence-corrected chi connectivity index (χ2v) is 6.05. The van der Waals surface area contributed by atoms with Crippen LogP contribution in [0.5, 0.6) is 0 Å². The molecule has 1 heterocycles. The Kier molecular flexibility index (Phi) is 4.29. The summed E-state index contributed by atoms with van der Waals surface area (Å²) in [6.07, 6.45) is 3.24. The summed E-state index contributed by atoms with van der Waals surface area (Å²) in [7, 11) is -0.906. The molecule has 20 heavy (non-hydrogen) atoms.